The number of aryl methyl sites for hydroxylation is 1. The molecule has 0 aliphatic heterocycles. The van der Waals surface area contributed by atoms with E-state index in [2.05, 4.69) is 0 Å². The Kier molecular flexibility index (Phi) is 2.24. The van der Waals surface area contributed by atoms with Crippen LogP contribution in [0.25, 0.3) is 27.6 Å². The second kappa shape index (κ2) is 3.97. The normalized spacial score (nSPS) is 11.5. The summed E-state index contributed by atoms with van der Waals surface area (Å²) < 4.78 is 21.9. The van der Waals surface area contributed by atoms with E-state index < -0.39 is 0 Å². The average Bonchev–Trinajstić information content (AvgIpc) is 3.02. The van der Waals surface area contributed by atoms with Gasteiger partial charge in [-0.1, -0.05) is 18.2 Å². The van der Waals surface area contributed by atoms with Crippen molar-refractivity contribution in [2.24, 2.45) is 0 Å². The van der Waals surface area contributed by atoms with E-state index in [0.29, 0.717) is 11.3 Å². The lowest BCUT2D eigenvalue weighted by Crippen LogP contribution is -1.94. The Hall–Kier alpha value is -2.55. The fourth-order valence-electron chi connectivity index (χ4n) is 2.63. The SMILES string of the molecule is Cc1ccn(-c2c(F)ccc3c2oc2ccccc23)c1. The van der Waals surface area contributed by atoms with Gasteiger partial charge in [0.1, 0.15) is 11.3 Å². The molecule has 0 bridgehead atoms. The van der Waals surface area contributed by atoms with Gasteiger partial charge in [0.25, 0.3) is 0 Å². The maximum Gasteiger partial charge on any atom is 0.162 e. The Morgan fingerprint density at radius 3 is 2.65 bits per heavy atom. The average molecular weight is 265 g/mol. The van der Waals surface area contributed by atoms with Gasteiger partial charge in [0, 0.05) is 23.2 Å². The summed E-state index contributed by atoms with van der Waals surface area (Å²) in [5.74, 6) is -0.285. The van der Waals surface area contributed by atoms with Gasteiger partial charge in [-0.25, -0.2) is 4.39 Å². The van der Waals surface area contributed by atoms with Crippen molar-refractivity contribution in [3.8, 4) is 5.69 Å². The number of benzene rings is 2. The largest absolute Gasteiger partial charge is 0.454 e. The molecule has 0 aliphatic rings. The summed E-state index contributed by atoms with van der Waals surface area (Å²) >= 11 is 0. The molecule has 4 aromatic rings. The number of hydrogen-bond acceptors (Lipinski definition) is 1. The Morgan fingerprint density at radius 1 is 1.00 bits per heavy atom. The lowest BCUT2D eigenvalue weighted by atomic mass is 10.1. The molecule has 2 heterocycles. The molecule has 2 aromatic carbocycles. The third-order valence-corrected chi connectivity index (χ3v) is 3.57. The first-order chi connectivity index (χ1) is 9.74. The Labute approximate surface area is 115 Å². The van der Waals surface area contributed by atoms with Gasteiger partial charge in [0.15, 0.2) is 11.4 Å². The van der Waals surface area contributed by atoms with Crippen molar-refractivity contribution in [1.29, 1.82) is 0 Å². The molecule has 3 heteroatoms. The number of para-hydroxylation sites is 1. The first-order valence-corrected chi connectivity index (χ1v) is 6.49. The lowest BCUT2D eigenvalue weighted by Gasteiger charge is -2.05. The zero-order valence-corrected chi connectivity index (χ0v) is 10.9. The third kappa shape index (κ3) is 1.50. The highest BCUT2D eigenvalue weighted by Crippen LogP contribution is 2.34. The number of aromatic nitrogens is 1. The smallest absolute Gasteiger partial charge is 0.162 e. The molecular weight excluding hydrogens is 253 g/mol. The molecule has 0 amide bonds. The van der Waals surface area contributed by atoms with Gasteiger partial charge in [-0.05, 0) is 36.8 Å². The molecule has 2 aromatic heterocycles. The minimum atomic E-state index is -0.285. The number of halogens is 1. The van der Waals surface area contributed by atoms with Gasteiger partial charge in [-0.3, -0.25) is 0 Å². The van der Waals surface area contributed by atoms with Crippen LogP contribution >= 0.6 is 0 Å². The molecule has 0 N–H and O–H groups in total. The minimum absolute atomic E-state index is 0.285. The van der Waals surface area contributed by atoms with Crippen LogP contribution in [0, 0.1) is 12.7 Å². The monoisotopic (exact) mass is 265 g/mol. The summed E-state index contributed by atoms with van der Waals surface area (Å²) in [6.07, 6.45) is 3.74. The summed E-state index contributed by atoms with van der Waals surface area (Å²) in [6.45, 7) is 1.98. The molecule has 20 heavy (non-hydrogen) atoms. The quantitative estimate of drug-likeness (QED) is 0.482. The minimum Gasteiger partial charge on any atom is -0.454 e. The molecule has 0 atom stereocenters. The second-order valence-electron chi connectivity index (χ2n) is 4.97. The van der Waals surface area contributed by atoms with E-state index in [9.17, 15) is 4.39 Å². The van der Waals surface area contributed by atoms with E-state index in [1.807, 2.05) is 49.6 Å². The van der Waals surface area contributed by atoms with Crippen LogP contribution in [0.5, 0.6) is 0 Å². The molecule has 0 fully saturated rings. The van der Waals surface area contributed by atoms with Crippen LogP contribution in [0.4, 0.5) is 4.39 Å². The van der Waals surface area contributed by atoms with Crippen molar-refractivity contribution in [3.63, 3.8) is 0 Å². The molecular formula is C17H12FNO. The highest BCUT2D eigenvalue weighted by Gasteiger charge is 2.15. The predicted molar refractivity (Wildman–Crippen MR) is 77.7 cm³/mol. The predicted octanol–water partition coefficient (Wildman–Crippen LogP) is 4.82. The van der Waals surface area contributed by atoms with Crippen LogP contribution in [0.2, 0.25) is 0 Å². The van der Waals surface area contributed by atoms with Crippen molar-refractivity contribution in [1.82, 2.24) is 4.57 Å². The summed E-state index contributed by atoms with van der Waals surface area (Å²) in [6, 6.07) is 13.0. The van der Waals surface area contributed by atoms with E-state index in [0.717, 1.165) is 21.9 Å². The highest BCUT2D eigenvalue weighted by atomic mass is 19.1. The fourth-order valence-corrected chi connectivity index (χ4v) is 2.63. The molecule has 0 unspecified atom stereocenters. The summed E-state index contributed by atoms with van der Waals surface area (Å²) in [4.78, 5) is 0. The third-order valence-electron chi connectivity index (χ3n) is 3.57. The van der Waals surface area contributed by atoms with Gasteiger partial charge in [-0.15, -0.1) is 0 Å². The van der Waals surface area contributed by atoms with E-state index in [1.165, 1.54) is 6.07 Å². The topological polar surface area (TPSA) is 18.1 Å². The first-order valence-electron chi connectivity index (χ1n) is 6.49. The van der Waals surface area contributed by atoms with Crippen molar-refractivity contribution in [2.75, 3.05) is 0 Å². The number of furan rings is 1. The molecule has 0 radical (unpaired) electrons. The van der Waals surface area contributed by atoms with E-state index in [1.54, 1.807) is 10.6 Å². The zero-order valence-electron chi connectivity index (χ0n) is 10.9. The highest BCUT2D eigenvalue weighted by molar-refractivity contribution is 6.07. The second-order valence-corrected chi connectivity index (χ2v) is 4.97. The Bertz CT molecular complexity index is 933. The van der Waals surface area contributed by atoms with Crippen molar-refractivity contribution in [3.05, 3.63) is 66.2 Å². The maximum absolute atomic E-state index is 14.3. The van der Waals surface area contributed by atoms with Crippen LogP contribution in [-0.2, 0) is 0 Å². The first kappa shape index (κ1) is 11.3. The van der Waals surface area contributed by atoms with E-state index >= 15 is 0 Å². The van der Waals surface area contributed by atoms with Gasteiger partial charge >= 0.3 is 0 Å². The maximum atomic E-state index is 14.3. The number of rotatable bonds is 1. The van der Waals surface area contributed by atoms with Gasteiger partial charge in [-0.2, -0.15) is 0 Å². The van der Waals surface area contributed by atoms with Crippen LogP contribution in [0.15, 0.2) is 59.3 Å². The van der Waals surface area contributed by atoms with Crippen LogP contribution in [0.3, 0.4) is 0 Å². The van der Waals surface area contributed by atoms with Gasteiger partial charge in [0.05, 0.1) is 0 Å². The van der Waals surface area contributed by atoms with Gasteiger partial charge < -0.3 is 8.98 Å². The molecule has 2 nitrogen and oxygen atoms in total. The van der Waals surface area contributed by atoms with E-state index in [-0.39, 0.29) is 5.82 Å². The van der Waals surface area contributed by atoms with Crippen LogP contribution in [0.1, 0.15) is 5.56 Å². The van der Waals surface area contributed by atoms with Crippen LogP contribution in [-0.4, -0.2) is 4.57 Å². The van der Waals surface area contributed by atoms with Gasteiger partial charge in [0.2, 0.25) is 0 Å². The number of fused-ring (bicyclic) bond motifs is 3. The number of hydrogen-bond donors (Lipinski definition) is 0. The molecule has 0 spiro atoms. The Balaban J connectivity index is 2.16. The molecule has 98 valence electrons. The lowest BCUT2D eigenvalue weighted by molar-refractivity contribution is 0.607. The van der Waals surface area contributed by atoms with Crippen molar-refractivity contribution >= 4 is 21.9 Å². The summed E-state index contributed by atoms with van der Waals surface area (Å²) in [5.41, 5.74) is 2.91. The summed E-state index contributed by atoms with van der Waals surface area (Å²) in [7, 11) is 0. The Morgan fingerprint density at radius 2 is 1.85 bits per heavy atom. The van der Waals surface area contributed by atoms with Crippen molar-refractivity contribution in [2.45, 2.75) is 6.92 Å². The summed E-state index contributed by atoms with van der Waals surface area (Å²) in [5, 5.41) is 1.94. The molecule has 0 saturated heterocycles. The zero-order chi connectivity index (χ0) is 13.7. The molecule has 0 aliphatic carbocycles. The number of nitrogens with zero attached hydrogens (tertiary/aromatic N) is 1. The molecule has 4 rings (SSSR count). The van der Waals surface area contributed by atoms with E-state index in [4.69, 9.17) is 4.42 Å². The fraction of sp³-hybridized carbons (Fsp3) is 0.0588. The standard InChI is InChI=1S/C17H12FNO/c1-11-8-9-19(10-11)16-14(18)7-6-13-12-4-2-3-5-15(12)20-17(13)16/h2-10H,1H3. The van der Waals surface area contributed by atoms with Crippen molar-refractivity contribution < 1.29 is 8.81 Å². The molecule has 0 saturated carbocycles. The van der Waals surface area contributed by atoms with Crippen LogP contribution < -0.4 is 0 Å².